The number of unbranched alkanes of at least 4 members (excludes halogenated alkanes) is 25. The first-order valence-electron chi connectivity index (χ1n) is 22.4. The molecule has 9 nitrogen and oxygen atoms in total. The summed E-state index contributed by atoms with van der Waals surface area (Å²) in [5.41, 5.74) is 0. The van der Waals surface area contributed by atoms with Gasteiger partial charge in [-0.05, 0) is 32.1 Å². The highest BCUT2D eigenvalue weighted by Crippen LogP contribution is 2.38. The summed E-state index contributed by atoms with van der Waals surface area (Å²) in [4.78, 5) is 37.5. The summed E-state index contributed by atoms with van der Waals surface area (Å²) in [6.45, 7) is 4.22. The predicted molar refractivity (Wildman–Crippen MR) is 222 cm³/mol. The van der Waals surface area contributed by atoms with Crippen molar-refractivity contribution >= 4 is 19.8 Å². The highest BCUT2D eigenvalue weighted by Gasteiger charge is 2.21. The molecule has 320 valence electrons. The average molecular weight is 788 g/mol. The van der Waals surface area contributed by atoms with E-state index in [0.29, 0.717) is 17.4 Å². The Balaban J connectivity index is 4.32. The molecule has 1 unspecified atom stereocenters. The molecule has 0 aliphatic heterocycles. The van der Waals surface area contributed by atoms with E-state index in [2.05, 4.69) is 26.0 Å². The summed E-state index contributed by atoms with van der Waals surface area (Å²) >= 11 is 0. The molecule has 0 aromatic rings. The van der Waals surface area contributed by atoms with E-state index >= 15 is 0 Å². The number of carbonyl (C=O) groups is 2. The Bertz CT molecular complexity index is 938. The van der Waals surface area contributed by atoms with Gasteiger partial charge in [0.1, 0.15) is 19.8 Å². The number of hydrogen-bond donors (Lipinski definition) is 0. The van der Waals surface area contributed by atoms with Crippen molar-refractivity contribution in [2.24, 2.45) is 0 Å². The normalized spacial score (nSPS) is 13.7. The second-order valence-electron chi connectivity index (χ2n) is 16.4. The van der Waals surface area contributed by atoms with E-state index in [9.17, 15) is 19.0 Å². The van der Waals surface area contributed by atoms with Gasteiger partial charge in [-0.15, -0.1) is 0 Å². The Morgan fingerprint density at radius 3 is 1.43 bits per heavy atom. The third-order valence-electron chi connectivity index (χ3n) is 9.79. The molecule has 0 aliphatic carbocycles. The van der Waals surface area contributed by atoms with Crippen LogP contribution < -0.4 is 4.89 Å². The Kier molecular flexibility index (Phi) is 36.5. The highest BCUT2D eigenvalue weighted by molar-refractivity contribution is 7.45. The van der Waals surface area contributed by atoms with Gasteiger partial charge in [0.25, 0.3) is 7.82 Å². The molecule has 0 radical (unpaired) electrons. The number of ether oxygens (including phenoxy) is 2. The van der Waals surface area contributed by atoms with E-state index in [0.717, 1.165) is 38.5 Å². The summed E-state index contributed by atoms with van der Waals surface area (Å²) in [6.07, 6.45) is 38.0. The molecular weight excluding hydrogens is 701 g/mol. The number of allylic oxidation sites excluding steroid dienone is 2. The molecule has 0 aromatic carbocycles. The minimum Gasteiger partial charge on any atom is -0.756 e. The lowest BCUT2D eigenvalue weighted by Crippen LogP contribution is -2.37. The SMILES string of the molecule is CCCC/C=C/CCCCCCCCCCCC(=O)O[C@H](COC(=O)CCCCCCCCCCCCCCCCC)COP(=O)([O-])OCC[N+](C)(C)C. The fourth-order valence-electron chi connectivity index (χ4n) is 6.22. The van der Waals surface area contributed by atoms with Gasteiger partial charge >= 0.3 is 11.9 Å². The summed E-state index contributed by atoms with van der Waals surface area (Å²) in [5.74, 6) is -0.827. The van der Waals surface area contributed by atoms with Crippen molar-refractivity contribution in [2.45, 2.75) is 213 Å². The largest absolute Gasteiger partial charge is 0.756 e. The summed E-state index contributed by atoms with van der Waals surface area (Å²) in [5, 5.41) is 0. The maximum atomic E-state index is 12.7. The topological polar surface area (TPSA) is 111 Å². The van der Waals surface area contributed by atoms with E-state index in [1.165, 1.54) is 135 Å². The number of nitrogens with zero attached hydrogens (tertiary/aromatic N) is 1. The van der Waals surface area contributed by atoms with Crippen LogP contribution >= 0.6 is 7.82 Å². The van der Waals surface area contributed by atoms with Gasteiger partial charge in [0.2, 0.25) is 0 Å². The molecule has 54 heavy (non-hydrogen) atoms. The lowest BCUT2D eigenvalue weighted by Gasteiger charge is -2.28. The predicted octanol–water partition coefficient (Wildman–Crippen LogP) is 11.9. The van der Waals surface area contributed by atoms with E-state index in [1.54, 1.807) is 0 Å². The zero-order chi connectivity index (χ0) is 40.0. The standard InChI is InChI=1S/C44H86NO8P/c1-6-8-10-12-14-16-18-20-22-24-26-28-30-32-34-36-43(46)50-40-42(41-52-54(48,49)51-39-38-45(3,4)5)53-44(47)37-35-33-31-29-27-25-23-21-19-17-15-13-11-9-7-2/h13,15,42H,6-12,14,16-41H2,1-5H3/b15-13+/t42-/m1/s1. The molecule has 10 heteroatoms. The number of quaternary nitrogens is 1. The molecule has 0 rings (SSSR count). The molecule has 0 aromatic heterocycles. The van der Waals surface area contributed by atoms with E-state index < -0.39 is 26.5 Å². The first kappa shape index (κ1) is 52.8. The van der Waals surface area contributed by atoms with E-state index in [1.807, 2.05) is 21.1 Å². The van der Waals surface area contributed by atoms with Crippen LogP contribution in [0.5, 0.6) is 0 Å². The second-order valence-corrected chi connectivity index (χ2v) is 17.8. The van der Waals surface area contributed by atoms with Gasteiger partial charge in [0.15, 0.2) is 6.10 Å². The number of carbonyl (C=O) groups excluding carboxylic acids is 2. The van der Waals surface area contributed by atoms with Crippen molar-refractivity contribution in [3.05, 3.63) is 12.2 Å². The fourth-order valence-corrected chi connectivity index (χ4v) is 6.95. The van der Waals surface area contributed by atoms with Crippen molar-refractivity contribution in [1.29, 1.82) is 0 Å². The van der Waals surface area contributed by atoms with Crippen LogP contribution in [-0.2, 0) is 32.7 Å². The number of phosphoric ester groups is 1. The molecule has 0 spiro atoms. The number of hydrogen-bond acceptors (Lipinski definition) is 8. The zero-order valence-corrected chi connectivity index (χ0v) is 36.8. The molecule has 0 bridgehead atoms. The van der Waals surface area contributed by atoms with Crippen LogP contribution in [0.1, 0.15) is 206 Å². The molecule has 0 heterocycles. The van der Waals surface area contributed by atoms with Crippen molar-refractivity contribution in [3.63, 3.8) is 0 Å². The Morgan fingerprint density at radius 2 is 0.963 bits per heavy atom. The van der Waals surface area contributed by atoms with Crippen LogP contribution in [0.3, 0.4) is 0 Å². The molecule has 0 fully saturated rings. The maximum absolute atomic E-state index is 12.7. The Morgan fingerprint density at radius 1 is 0.556 bits per heavy atom. The summed E-state index contributed by atoms with van der Waals surface area (Å²) in [7, 11) is 1.17. The summed E-state index contributed by atoms with van der Waals surface area (Å²) in [6, 6.07) is 0. The molecule has 0 N–H and O–H groups in total. The van der Waals surface area contributed by atoms with Crippen LogP contribution in [0.4, 0.5) is 0 Å². The van der Waals surface area contributed by atoms with Crippen LogP contribution in [0.25, 0.3) is 0 Å². The van der Waals surface area contributed by atoms with E-state index in [-0.39, 0.29) is 32.0 Å². The molecule has 0 amide bonds. The Hall–Kier alpha value is -1.25. The number of likely N-dealkylation sites (N-methyl/N-ethyl adjacent to an activating group) is 1. The van der Waals surface area contributed by atoms with Gasteiger partial charge in [-0.2, -0.15) is 0 Å². The fraction of sp³-hybridized carbons (Fsp3) is 0.909. The Labute approximate surface area is 333 Å². The van der Waals surface area contributed by atoms with Gasteiger partial charge in [0.05, 0.1) is 27.7 Å². The van der Waals surface area contributed by atoms with E-state index in [4.69, 9.17) is 18.5 Å². The lowest BCUT2D eigenvalue weighted by atomic mass is 10.0. The third-order valence-corrected chi connectivity index (χ3v) is 10.7. The van der Waals surface area contributed by atoms with Crippen molar-refractivity contribution in [1.82, 2.24) is 0 Å². The molecule has 0 saturated carbocycles. The highest BCUT2D eigenvalue weighted by atomic mass is 31.2. The van der Waals surface area contributed by atoms with Crippen LogP contribution in [0.2, 0.25) is 0 Å². The second kappa shape index (κ2) is 37.3. The number of rotatable bonds is 41. The number of esters is 2. The van der Waals surface area contributed by atoms with Crippen molar-refractivity contribution in [2.75, 3.05) is 47.5 Å². The van der Waals surface area contributed by atoms with Crippen molar-refractivity contribution < 1.29 is 42.1 Å². The van der Waals surface area contributed by atoms with Crippen LogP contribution in [-0.4, -0.2) is 70.0 Å². The number of phosphoric acid groups is 1. The van der Waals surface area contributed by atoms with Gasteiger partial charge in [0, 0.05) is 12.8 Å². The lowest BCUT2D eigenvalue weighted by molar-refractivity contribution is -0.870. The quantitative estimate of drug-likeness (QED) is 0.0198. The smallest absolute Gasteiger partial charge is 0.306 e. The molecule has 0 saturated heterocycles. The molecule has 2 atom stereocenters. The molecule has 0 aliphatic rings. The van der Waals surface area contributed by atoms with Gasteiger partial charge < -0.3 is 27.9 Å². The van der Waals surface area contributed by atoms with Crippen molar-refractivity contribution in [3.8, 4) is 0 Å². The minimum absolute atomic E-state index is 0.0280. The van der Waals surface area contributed by atoms with Crippen LogP contribution in [0, 0.1) is 0 Å². The summed E-state index contributed by atoms with van der Waals surface area (Å²) < 4.78 is 33.9. The monoisotopic (exact) mass is 788 g/mol. The van der Waals surface area contributed by atoms with Gasteiger partial charge in [-0.1, -0.05) is 174 Å². The first-order valence-corrected chi connectivity index (χ1v) is 23.9. The van der Waals surface area contributed by atoms with Crippen LogP contribution in [0.15, 0.2) is 12.2 Å². The van der Waals surface area contributed by atoms with Gasteiger partial charge in [-0.3, -0.25) is 14.2 Å². The zero-order valence-electron chi connectivity index (χ0n) is 35.9. The first-order chi connectivity index (χ1) is 26.0. The van der Waals surface area contributed by atoms with Gasteiger partial charge in [-0.25, -0.2) is 0 Å². The molecular formula is C44H86NO8P. The third kappa shape index (κ3) is 40.4. The maximum Gasteiger partial charge on any atom is 0.306 e. The average Bonchev–Trinajstić information content (AvgIpc) is 3.12. The minimum atomic E-state index is -4.62.